The van der Waals surface area contributed by atoms with Gasteiger partial charge in [0, 0.05) is 5.69 Å². The predicted molar refractivity (Wildman–Crippen MR) is 100 cm³/mol. The van der Waals surface area contributed by atoms with Gasteiger partial charge in [-0.3, -0.25) is 0 Å². The third kappa shape index (κ3) is 3.52. The van der Waals surface area contributed by atoms with Gasteiger partial charge in [-0.05, 0) is 48.6 Å². The van der Waals surface area contributed by atoms with E-state index < -0.39 is 7.04 Å². The molecule has 0 aromatic heterocycles. The predicted octanol–water partition coefficient (Wildman–Crippen LogP) is 5.84. The molecule has 1 aliphatic rings. The molecule has 0 atom stereocenters. The van der Waals surface area contributed by atoms with Gasteiger partial charge in [-0.1, -0.05) is 70.2 Å². The molecule has 0 bridgehead atoms. The van der Waals surface area contributed by atoms with E-state index >= 15 is 0 Å². The third-order valence-electron chi connectivity index (χ3n) is 4.05. The largest absolute Gasteiger partial charge is 0.365 e. The fraction of sp³-hybridized carbons (Fsp3) is 0.421. The summed E-state index contributed by atoms with van der Waals surface area (Å²) in [6, 6.07) is 6.73. The van der Waals surface area contributed by atoms with E-state index in [2.05, 4.69) is 88.6 Å². The van der Waals surface area contributed by atoms with Crippen LogP contribution in [0, 0.1) is 0 Å². The first-order valence-electron chi connectivity index (χ1n) is 7.80. The van der Waals surface area contributed by atoms with Crippen LogP contribution < -0.4 is 5.09 Å². The maximum absolute atomic E-state index is 3.93. The van der Waals surface area contributed by atoms with Crippen LogP contribution >= 0.6 is 7.04 Å². The Morgan fingerprint density at radius 3 is 1.76 bits per heavy atom. The summed E-state index contributed by atoms with van der Waals surface area (Å²) in [5.74, 6) is 1.07. The summed E-state index contributed by atoms with van der Waals surface area (Å²) in [7, 11) is -1.35. The Kier molecular flexibility index (Phi) is 4.84. The van der Waals surface area contributed by atoms with Crippen molar-refractivity contribution in [1.29, 1.82) is 0 Å². The van der Waals surface area contributed by atoms with Crippen LogP contribution in [0.3, 0.4) is 0 Å². The van der Waals surface area contributed by atoms with Gasteiger partial charge in [0.2, 0.25) is 0 Å². The molecule has 21 heavy (non-hydrogen) atoms. The Hall–Kier alpha value is -1.20. The van der Waals surface area contributed by atoms with Crippen LogP contribution in [0.2, 0.25) is 0 Å². The molecule has 0 fully saturated rings. The van der Waals surface area contributed by atoms with E-state index in [0.717, 1.165) is 0 Å². The van der Waals surface area contributed by atoms with E-state index in [-0.39, 0.29) is 0 Å². The van der Waals surface area contributed by atoms with Gasteiger partial charge in [-0.25, -0.2) is 0 Å². The van der Waals surface area contributed by atoms with E-state index in [9.17, 15) is 0 Å². The zero-order chi connectivity index (χ0) is 15.6. The molecule has 0 saturated carbocycles. The summed E-state index contributed by atoms with van der Waals surface area (Å²) in [6.07, 6.45) is 8.76. The standard InChI is InChI=1S/C19H28NP/c1-14(2)17-12-9-13-18(15(3)4)19(17)20-21(5,6)16-10-7-8-11-16/h7-15,20H,1-6H3. The summed E-state index contributed by atoms with van der Waals surface area (Å²) in [5, 5.41) is 5.37. The minimum atomic E-state index is -1.35. The molecule has 0 heterocycles. The van der Waals surface area contributed by atoms with Crippen molar-refractivity contribution >= 4 is 18.0 Å². The topological polar surface area (TPSA) is 12.0 Å². The van der Waals surface area contributed by atoms with Gasteiger partial charge in [-0.2, -0.15) is 0 Å². The quantitative estimate of drug-likeness (QED) is 0.689. The number of anilines is 1. The monoisotopic (exact) mass is 301 g/mol. The number of para-hydroxylation sites is 1. The average molecular weight is 301 g/mol. The van der Waals surface area contributed by atoms with Crippen LogP contribution in [-0.4, -0.2) is 18.6 Å². The van der Waals surface area contributed by atoms with E-state index in [1.165, 1.54) is 22.1 Å². The van der Waals surface area contributed by atoms with E-state index in [4.69, 9.17) is 0 Å². The smallest absolute Gasteiger partial charge is 0.0442 e. The maximum atomic E-state index is 3.93. The number of allylic oxidation sites excluding steroid dienone is 4. The Morgan fingerprint density at radius 1 is 0.857 bits per heavy atom. The highest BCUT2D eigenvalue weighted by Crippen LogP contribution is 2.46. The van der Waals surface area contributed by atoms with Crippen LogP contribution in [-0.2, 0) is 0 Å². The van der Waals surface area contributed by atoms with E-state index in [1.807, 2.05) is 0 Å². The molecule has 2 heteroatoms. The van der Waals surface area contributed by atoms with Crippen molar-refractivity contribution in [3.63, 3.8) is 0 Å². The lowest BCUT2D eigenvalue weighted by Crippen LogP contribution is -2.08. The first kappa shape index (κ1) is 16.2. The molecule has 114 valence electrons. The van der Waals surface area contributed by atoms with Crippen molar-refractivity contribution in [2.75, 3.05) is 18.4 Å². The number of nitrogens with one attached hydrogen (secondary N) is 1. The van der Waals surface area contributed by atoms with Crippen LogP contribution in [0.15, 0.2) is 42.5 Å². The second kappa shape index (κ2) is 6.28. The molecule has 0 radical (unpaired) electrons. The number of rotatable bonds is 4. The first-order chi connectivity index (χ1) is 9.83. The number of hydrogen-bond acceptors (Lipinski definition) is 1. The molecule has 1 nitrogen and oxygen atoms in total. The highest BCUT2D eigenvalue weighted by atomic mass is 31.2. The van der Waals surface area contributed by atoms with Gasteiger partial charge in [0.05, 0.1) is 0 Å². The summed E-state index contributed by atoms with van der Waals surface area (Å²) in [5.41, 5.74) is 4.23. The molecular weight excluding hydrogens is 273 g/mol. The van der Waals surface area contributed by atoms with Crippen molar-refractivity contribution in [2.45, 2.75) is 39.5 Å². The normalized spacial score (nSPS) is 14.6. The van der Waals surface area contributed by atoms with Gasteiger partial charge in [-0.15, -0.1) is 0 Å². The van der Waals surface area contributed by atoms with Crippen molar-refractivity contribution in [3.05, 3.63) is 53.6 Å². The molecule has 1 N–H and O–H groups in total. The van der Waals surface area contributed by atoms with Crippen LogP contribution in [0.25, 0.3) is 0 Å². The molecule has 0 amide bonds. The minimum Gasteiger partial charge on any atom is -0.365 e. The lowest BCUT2D eigenvalue weighted by molar-refractivity contribution is 0.839. The van der Waals surface area contributed by atoms with Gasteiger partial charge in [0.1, 0.15) is 0 Å². The maximum Gasteiger partial charge on any atom is 0.0442 e. The molecule has 2 rings (SSSR count). The SMILES string of the molecule is CC(C)c1cccc(C(C)C)c1NP(C)(C)=C1C=CC=C1. The highest BCUT2D eigenvalue weighted by molar-refractivity contribution is 7.76. The number of hydrogen-bond donors (Lipinski definition) is 1. The van der Waals surface area contributed by atoms with E-state index in [1.54, 1.807) is 0 Å². The minimum absolute atomic E-state index is 0.533. The van der Waals surface area contributed by atoms with Crippen molar-refractivity contribution in [1.82, 2.24) is 0 Å². The third-order valence-corrected chi connectivity index (χ3v) is 6.43. The Bertz CT molecular complexity index is 587. The molecule has 1 aliphatic carbocycles. The summed E-state index contributed by atoms with van der Waals surface area (Å²) >= 11 is 0. The van der Waals surface area contributed by atoms with Crippen molar-refractivity contribution < 1.29 is 0 Å². The van der Waals surface area contributed by atoms with Gasteiger partial charge < -0.3 is 5.09 Å². The Labute approximate surface area is 130 Å². The zero-order valence-corrected chi connectivity index (χ0v) is 15.0. The molecule has 0 unspecified atom stereocenters. The van der Waals surface area contributed by atoms with Gasteiger partial charge in [0.25, 0.3) is 0 Å². The Balaban J connectivity index is 2.55. The van der Waals surface area contributed by atoms with Crippen LogP contribution in [0.5, 0.6) is 0 Å². The summed E-state index contributed by atoms with van der Waals surface area (Å²) < 4.78 is 0. The second-order valence-electron chi connectivity index (χ2n) is 6.83. The first-order valence-corrected chi connectivity index (χ1v) is 10.5. The fourth-order valence-electron chi connectivity index (χ4n) is 2.76. The van der Waals surface area contributed by atoms with Crippen LogP contribution in [0.4, 0.5) is 5.69 Å². The van der Waals surface area contributed by atoms with Crippen molar-refractivity contribution in [2.24, 2.45) is 0 Å². The molecule has 1 aromatic carbocycles. The molecule has 0 aliphatic heterocycles. The highest BCUT2D eigenvalue weighted by Gasteiger charge is 2.18. The average Bonchev–Trinajstić information content (AvgIpc) is 2.92. The Morgan fingerprint density at radius 2 is 1.33 bits per heavy atom. The lowest BCUT2D eigenvalue weighted by atomic mass is 9.93. The van der Waals surface area contributed by atoms with Gasteiger partial charge >= 0.3 is 0 Å². The summed E-state index contributed by atoms with van der Waals surface area (Å²) in [4.78, 5) is 0. The zero-order valence-electron chi connectivity index (χ0n) is 14.1. The molecular formula is C19H28NP. The number of benzene rings is 1. The van der Waals surface area contributed by atoms with Crippen molar-refractivity contribution in [3.8, 4) is 0 Å². The van der Waals surface area contributed by atoms with Gasteiger partial charge in [0.15, 0.2) is 0 Å². The van der Waals surface area contributed by atoms with Crippen LogP contribution in [0.1, 0.15) is 50.7 Å². The fourth-order valence-corrected chi connectivity index (χ4v) is 4.62. The molecule has 1 aromatic rings. The molecule has 0 spiro atoms. The summed E-state index contributed by atoms with van der Waals surface area (Å²) in [6.45, 7) is 13.8. The second-order valence-corrected chi connectivity index (χ2v) is 10.5. The lowest BCUT2D eigenvalue weighted by Gasteiger charge is -2.28. The molecule has 0 saturated heterocycles. The van der Waals surface area contributed by atoms with E-state index in [0.29, 0.717) is 11.8 Å².